The second kappa shape index (κ2) is 9.79. The number of hydrogen-bond donors (Lipinski definition) is 1. The van der Waals surface area contributed by atoms with E-state index in [2.05, 4.69) is 5.32 Å². The number of morpholine rings is 1. The molecule has 9 nitrogen and oxygen atoms in total. The first kappa shape index (κ1) is 22.9. The molecule has 0 aliphatic carbocycles. The molecule has 0 saturated carbocycles. The van der Waals surface area contributed by atoms with Gasteiger partial charge in [-0.2, -0.15) is 0 Å². The van der Waals surface area contributed by atoms with Gasteiger partial charge in [-0.05, 0) is 36.8 Å². The van der Waals surface area contributed by atoms with Crippen molar-refractivity contribution >= 4 is 17.8 Å². The van der Waals surface area contributed by atoms with Crippen LogP contribution in [0, 0.1) is 0 Å². The Kier molecular flexibility index (Phi) is 6.41. The first-order valence-corrected chi connectivity index (χ1v) is 11.8. The van der Waals surface area contributed by atoms with E-state index in [1.165, 1.54) is 4.90 Å². The number of benzene rings is 2. The molecule has 1 N–H and O–H groups in total. The van der Waals surface area contributed by atoms with Crippen molar-refractivity contribution in [3.8, 4) is 11.5 Å². The monoisotopic (exact) mass is 476 g/mol. The average Bonchev–Trinajstić information content (AvgIpc) is 3.20. The fourth-order valence-electron chi connectivity index (χ4n) is 4.72. The molecular formula is C26H28N4O5. The molecule has 3 heterocycles. The molecule has 9 heteroatoms. The number of hydrogen-bond acceptors (Lipinski definition) is 5. The predicted octanol–water partition coefficient (Wildman–Crippen LogP) is 2.52. The highest BCUT2D eigenvalue weighted by molar-refractivity contribution is 6.03. The van der Waals surface area contributed by atoms with Crippen molar-refractivity contribution in [1.82, 2.24) is 20.0 Å². The number of amides is 4. The third-order valence-corrected chi connectivity index (χ3v) is 6.47. The van der Waals surface area contributed by atoms with Crippen LogP contribution >= 0.6 is 0 Å². The van der Waals surface area contributed by atoms with Crippen molar-refractivity contribution in [2.75, 3.05) is 45.9 Å². The van der Waals surface area contributed by atoms with Crippen molar-refractivity contribution < 1.29 is 23.9 Å². The molecule has 4 amide bonds. The van der Waals surface area contributed by atoms with Gasteiger partial charge in [0.15, 0.2) is 0 Å². The third-order valence-electron chi connectivity index (χ3n) is 6.47. The number of rotatable bonds is 6. The lowest BCUT2D eigenvalue weighted by Crippen LogP contribution is -2.47. The largest absolute Gasteiger partial charge is 0.457 e. The van der Waals surface area contributed by atoms with E-state index in [-0.39, 0.29) is 30.9 Å². The molecule has 0 radical (unpaired) electrons. The van der Waals surface area contributed by atoms with Crippen molar-refractivity contribution in [1.29, 1.82) is 0 Å². The molecule has 2 aromatic carbocycles. The van der Waals surface area contributed by atoms with E-state index in [9.17, 15) is 14.4 Å². The zero-order valence-corrected chi connectivity index (χ0v) is 19.6. The summed E-state index contributed by atoms with van der Waals surface area (Å²) in [6.45, 7) is 4.53. The van der Waals surface area contributed by atoms with Crippen LogP contribution in [0.1, 0.15) is 18.5 Å². The summed E-state index contributed by atoms with van der Waals surface area (Å²) in [4.78, 5) is 44.2. The second-order valence-electron chi connectivity index (χ2n) is 8.63. The maximum atomic E-state index is 13.5. The molecule has 3 aliphatic heterocycles. The second-order valence-corrected chi connectivity index (χ2v) is 8.63. The van der Waals surface area contributed by atoms with Crippen LogP contribution in [0.4, 0.5) is 4.79 Å². The van der Waals surface area contributed by atoms with Crippen molar-refractivity contribution in [3.05, 3.63) is 71.4 Å². The Morgan fingerprint density at radius 3 is 2.54 bits per heavy atom. The maximum Gasteiger partial charge on any atom is 0.322 e. The number of carbonyl (C=O) groups is 3. The van der Waals surface area contributed by atoms with Crippen LogP contribution in [-0.4, -0.2) is 78.5 Å². The molecule has 5 rings (SSSR count). The lowest BCUT2D eigenvalue weighted by molar-refractivity contribution is -0.140. The Labute approximate surface area is 203 Å². The van der Waals surface area contributed by atoms with Gasteiger partial charge in [-0.1, -0.05) is 30.3 Å². The summed E-state index contributed by atoms with van der Waals surface area (Å²) in [6, 6.07) is 15.9. The number of likely N-dealkylation sites (N-methyl/N-ethyl adjacent to an activating group) is 1. The molecule has 0 bridgehead atoms. The summed E-state index contributed by atoms with van der Waals surface area (Å²) in [5.41, 5.74) is 1.89. The van der Waals surface area contributed by atoms with Crippen molar-refractivity contribution in [2.45, 2.75) is 13.0 Å². The van der Waals surface area contributed by atoms with Crippen LogP contribution in [0.15, 0.2) is 65.9 Å². The number of nitrogens with one attached hydrogen (secondary N) is 1. The van der Waals surface area contributed by atoms with Gasteiger partial charge in [0.1, 0.15) is 18.0 Å². The van der Waals surface area contributed by atoms with Crippen LogP contribution in [0.25, 0.3) is 0 Å². The molecule has 2 aromatic rings. The van der Waals surface area contributed by atoms with E-state index in [1.54, 1.807) is 9.80 Å². The average molecular weight is 477 g/mol. The molecule has 1 atom stereocenters. The molecule has 0 spiro atoms. The summed E-state index contributed by atoms with van der Waals surface area (Å²) in [6.07, 6.45) is 0. The highest BCUT2D eigenvalue weighted by atomic mass is 16.5. The summed E-state index contributed by atoms with van der Waals surface area (Å²) in [5, 5.41) is 2.98. The number of para-hydroxylation sites is 1. The number of urea groups is 1. The molecule has 0 aromatic heterocycles. The van der Waals surface area contributed by atoms with Crippen LogP contribution in [0.2, 0.25) is 0 Å². The Balaban J connectivity index is 1.40. The van der Waals surface area contributed by atoms with Crippen LogP contribution in [-0.2, 0) is 14.3 Å². The SMILES string of the molecule is CCN1C(=O)N[C@@H](c2cccc(Oc3ccccc3)c2)C2=C1CN(CC(=O)N1CCOCC1)C2=O. The van der Waals surface area contributed by atoms with E-state index in [4.69, 9.17) is 9.47 Å². The van der Waals surface area contributed by atoms with Gasteiger partial charge in [0, 0.05) is 19.6 Å². The van der Waals surface area contributed by atoms with Crippen LogP contribution in [0.3, 0.4) is 0 Å². The Bertz CT molecular complexity index is 1160. The summed E-state index contributed by atoms with van der Waals surface area (Å²) in [5.74, 6) is 0.949. The van der Waals surface area contributed by atoms with Gasteiger partial charge in [0.25, 0.3) is 5.91 Å². The Morgan fingerprint density at radius 1 is 1.06 bits per heavy atom. The standard InChI is InChI=1S/C26H28N4O5/c1-2-30-21-16-29(17-22(31)28-11-13-34-14-12-28)25(32)23(21)24(27-26(30)33)18-7-6-10-20(15-18)35-19-8-4-3-5-9-19/h3-10,15,24H,2,11-14,16-17H2,1H3,(H,27,33)/t24-/m0/s1. The van der Waals surface area contributed by atoms with E-state index in [0.29, 0.717) is 55.6 Å². The maximum absolute atomic E-state index is 13.5. The zero-order valence-electron chi connectivity index (χ0n) is 19.6. The molecular weight excluding hydrogens is 448 g/mol. The van der Waals surface area contributed by atoms with E-state index in [1.807, 2.05) is 61.5 Å². The third kappa shape index (κ3) is 4.59. The Hall–Kier alpha value is -3.85. The molecule has 0 unspecified atom stereocenters. The minimum atomic E-state index is -0.629. The number of nitrogens with zero attached hydrogens (tertiary/aromatic N) is 3. The van der Waals surface area contributed by atoms with Crippen LogP contribution in [0.5, 0.6) is 11.5 Å². The topological polar surface area (TPSA) is 91.4 Å². The smallest absolute Gasteiger partial charge is 0.322 e. The van der Waals surface area contributed by atoms with Crippen molar-refractivity contribution in [2.24, 2.45) is 0 Å². The summed E-state index contributed by atoms with van der Waals surface area (Å²) < 4.78 is 11.3. The zero-order chi connectivity index (χ0) is 24.4. The Morgan fingerprint density at radius 2 is 1.80 bits per heavy atom. The number of carbonyl (C=O) groups excluding carboxylic acids is 3. The minimum absolute atomic E-state index is 0.0263. The minimum Gasteiger partial charge on any atom is -0.457 e. The normalized spacial score (nSPS) is 20.1. The van der Waals surface area contributed by atoms with Crippen molar-refractivity contribution in [3.63, 3.8) is 0 Å². The van der Waals surface area contributed by atoms with Gasteiger partial charge in [-0.25, -0.2) is 4.79 Å². The summed E-state index contributed by atoms with van der Waals surface area (Å²) >= 11 is 0. The lowest BCUT2D eigenvalue weighted by atomic mass is 9.95. The van der Waals surface area contributed by atoms with E-state index < -0.39 is 6.04 Å². The quantitative estimate of drug-likeness (QED) is 0.692. The first-order valence-electron chi connectivity index (χ1n) is 11.8. The van der Waals surface area contributed by atoms with E-state index in [0.717, 1.165) is 5.56 Å². The molecule has 35 heavy (non-hydrogen) atoms. The predicted molar refractivity (Wildman–Crippen MR) is 128 cm³/mol. The van der Waals surface area contributed by atoms with Gasteiger partial charge in [0.05, 0.1) is 37.1 Å². The van der Waals surface area contributed by atoms with Gasteiger partial charge in [0.2, 0.25) is 5.91 Å². The highest BCUT2D eigenvalue weighted by Gasteiger charge is 2.44. The first-order chi connectivity index (χ1) is 17.0. The van der Waals surface area contributed by atoms with Gasteiger partial charge in [-0.3, -0.25) is 14.5 Å². The van der Waals surface area contributed by atoms with Gasteiger partial charge >= 0.3 is 6.03 Å². The lowest BCUT2D eigenvalue weighted by Gasteiger charge is -2.33. The highest BCUT2D eigenvalue weighted by Crippen LogP contribution is 2.37. The fraction of sp³-hybridized carbons (Fsp3) is 0.346. The number of ether oxygens (including phenoxy) is 2. The van der Waals surface area contributed by atoms with E-state index >= 15 is 0 Å². The van der Waals surface area contributed by atoms with Gasteiger partial charge in [-0.15, -0.1) is 0 Å². The molecule has 1 saturated heterocycles. The molecule has 182 valence electrons. The summed E-state index contributed by atoms with van der Waals surface area (Å²) in [7, 11) is 0. The van der Waals surface area contributed by atoms with Crippen LogP contribution < -0.4 is 10.1 Å². The molecule has 1 fully saturated rings. The molecule has 3 aliphatic rings. The van der Waals surface area contributed by atoms with Gasteiger partial charge < -0.3 is 24.6 Å². The fourth-order valence-corrected chi connectivity index (χ4v) is 4.72.